The van der Waals surface area contributed by atoms with Crippen molar-refractivity contribution in [2.45, 2.75) is 6.42 Å². The van der Waals surface area contributed by atoms with Crippen LogP contribution >= 0.6 is 0 Å². The average molecular weight is 320 g/mol. The number of carbonyl (C=O) groups is 1. The summed E-state index contributed by atoms with van der Waals surface area (Å²) < 4.78 is 13.8. The third kappa shape index (κ3) is 2.60. The van der Waals surface area contributed by atoms with Gasteiger partial charge in [0.25, 0.3) is 5.91 Å². The monoisotopic (exact) mass is 320 g/mol. The van der Waals surface area contributed by atoms with Crippen molar-refractivity contribution in [3.05, 3.63) is 77.7 Å². The fraction of sp³-hybridized carbons (Fsp3) is 0.150. The van der Waals surface area contributed by atoms with E-state index in [0.29, 0.717) is 29.7 Å². The van der Waals surface area contributed by atoms with Crippen molar-refractivity contribution < 1.29 is 9.18 Å². The topological polar surface area (TPSA) is 36.1 Å². The van der Waals surface area contributed by atoms with E-state index >= 15 is 0 Å². The van der Waals surface area contributed by atoms with Crippen LogP contribution in [0.1, 0.15) is 22.5 Å². The summed E-state index contributed by atoms with van der Waals surface area (Å²) in [5.74, 6) is -0.401. The van der Waals surface area contributed by atoms with Gasteiger partial charge in [0.1, 0.15) is 11.5 Å². The molecule has 1 aliphatic heterocycles. The Bertz CT molecular complexity index is 927. The van der Waals surface area contributed by atoms with Gasteiger partial charge in [-0.1, -0.05) is 42.5 Å². The van der Waals surface area contributed by atoms with Crippen LogP contribution in [0.3, 0.4) is 0 Å². The lowest BCUT2D eigenvalue weighted by atomic mass is 9.99. The Kier molecular flexibility index (Phi) is 3.65. The lowest BCUT2D eigenvalue weighted by Gasteiger charge is -2.26. The number of amides is 1. The Morgan fingerprint density at radius 3 is 2.62 bits per heavy atom. The molecule has 120 valence electrons. The van der Waals surface area contributed by atoms with Gasteiger partial charge in [-0.15, -0.1) is 0 Å². The third-order valence-electron chi connectivity index (χ3n) is 4.48. The van der Waals surface area contributed by atoms with E-state index in [0.717, 1.165) is 6.42 Å². The maximum atomic E-state index is 13.8. The Morgan fingerprint density at radius 1 is 1.08 bits per heavy atom. The molecule has 0 saturated heterocycles. The number of aromatic amines is 1. The molecule has 4 rings (SSSR count). The second-order valence-corrected chi connectivity index (χ2v) is 5.98. The first kappa shape index (κ1) is 14.7. The Morgan fingerprint density at radius 2 is 1.92 bits per heavy atom. The molecular weight excluding hydrogens is 303 g/mol. The van der Waals surface area contributed by atoms with Crippen LogP contribution in [0.4, 0.5) is 4.39 Å². The Hall–Kier alpha value is -2.88. The molecule has 0 radical (unpaired) electrons. The summed E-state index contributed by atoms with van der Waals surface area (Å²) in [4.78, 5) is 17.5. The highest BCUT2D eigenvalue weighted by Gasteiger charge is 2.21. The van der Waals surface area contributed by atoms with E-state index in [2.05, 4.69) is 23.2 Å². The van der Waals surface area contributed by atoms with Crippen molar-refractivity contribution >= 4 is 22.4 Å². The van der Waals surface area contributed by atoms with Gasteiger partial charge < -0.3 is 9.88 Å². The number of rotatable bonds is 2. The van der Waals surface area contributed by atoms with E-state index in [4.69, 9.17) is 0 Å². The first-order chi connectivity index (χ1) is 11.7. The van der Waals surface area contributed by atoms with Crippen LogP contribution in [0.15, 0.2) is 60.7 Å². The Labute approximate surface area is 139 Å². The third-order valence-corrected chi connectivity index (χ3v) is 4.48. The van der Waals surface area contributed by atoms with Gasteiger partial charge in [-0.3, -0.25) is 4.79 Å². The first-order valence-corrected chi connectivity index (χ1v) is 8.03. The van der Waals surface area contributed by atoms with Crippen LogP contribution in [0, 0.1) is 5.82 Å². The molecule has 3 aromatic rings. The SMILES string of the molecule is O=C(c1cc2c(F)cccc2[nH]1)N1CC=C(c2ccccc2)CC1. The summed E-state index contributed by atoms with van der Waals surface area (Å²) in [5.41, 5.74) is 3.56. The molecule has 4 heteroatoms. The molecule has 0 bridgehead atoms. The smallest absolute Gasteiger partial charge is 0.270 e. The quantitative estimate of drug-likeness (QED) is 0.753. The summed E-state index contributed by atoms with van der Waals surface area (Å²) in [6.45, 7) is 1.23. The molecule has 0 unspecified atom stereocenters. The van der Waals surface area contributed by atoms with E-state index in [1.54, 1.807) is 23.1 Å². The number of halogens is 1. The number of hydrogen-bond donors (Lipinski definition) is 1. The highest BCUT2D eigenvalue weighted by Crippen LogP contribution is 2.24. The molecule has 0 atom stereocenters. The van der Waals surface area contributed by atoms with Crippen molar-refractivity contribution in [1.82, 2.24) is 9.88 Å². The van der Waals surface area contributed by atoms with Gasteiger partial charge in [0.05, 0.1) is 0 Å². The largest absolute Gasteiger partial charge is 0.350 e. The average Bonchev–Trinajstić information content (AvgIpc) is 3.08. The number of nitrogens with one attached hydrogen (secondary N) is 1. The fourth-order valence-electron chi connectivity index (χ4n) is 3.17. The van der Waals surface area contributed by atoms with Crippen molar-refractivity contribution in [3.63, 3.8) is 0 Å². The summed E-state index contributed by atoms with van der Waals surface area (Å²) in [7, 11) is 0. The summed E-state index contributed by atoms with van der Waals surface area (Å²) >= 11 is 0. The van der Waals surface area contributed by atoms with E-state index in [1.807, 2.05) is 18.2 Å². The van der Waals surface area contributed by atoms with Crippen molar-refractivity contribution in [2.24, 2.45) is 0 Å². The number of H-pyrrole nitrogens is 1. The number of fused-ring (bicyclic) bond motifs is 1. The van der Waals surface area contributed by atoms with Gasteiger partial charge >= 0.3 is 0 Å². The number of carbonyl (C=O) groups excluding carboxylic acids is 1. The van der Waals surface area contributed by atoms with Crippen LogP contribution in [0.2, 0.25) is 0 Å². The molecule has 0 fully saturated rings. The van der Waals surface area contributed by atoms with E-state index < -0.39 is 0 Å². The minimum atomic E-state index is -0.312. The molecule has 24 heavy (non-hydrogen) atoms. The highest BCUT2D eigenvalue weighted by atomic mass is 19.1. The lowest BCUT2D eigenvalue weighted by Crippen LogP contribution is -2.34. The highest BCUT2D eigenvalue weighted by molar-refractivity contribution is 5.98. The lowest BCUT2D eigenvalue weighted by molar-refractivity contribution is 0.0768. The first-order valence-electron chi connectivity index (χ1n) is 8.03. The van der Waals surface area contributed by atoms with Gasteiger partial charge in [-0.05, 0) is 35.8 Å². The molecule has 2 heterocycles. The summed E-state index contributed by atoms with van der Waals surface area (Å²) in [5, 5.41) is 0.457. The fourth-order valence-corrected chi connectivity index (χ4v) is 3.17. The summed E-state index contributed by atoms with van der Waals surface area (Å²) in [6, 6.07) is 16.6. The maximum absolute atomic E-state index is 13.8. The van der Waals surface area contributed by atoms with E-state index in [9.17, 15) is 9.18 Å². The zero-order chi connectivity index (χ0) is 16.5. The molecular formula is C20H17FN2O. The number of aromatic nitrogens is 1. The van der Waals surface area contributed by atoms with Gasteiger partial charge in [0, 0.05) is 24.0 Å². The van der Waals surface area contributed by atoms with Crippen molar-refractivity contribution in [3.8, 4) is 0 Å². The molecule has 1 N–H and O–H groups in total. The minimum absolute atomic E-state index is 0.0889. The predicted molar refractivity (Wildman–Crippen MR) is 93.2 cm³/mol. The van der Waals surface area contributed by atoms with Crippen LogP contribution in [-0.4, -0.2) is 28.9 Å². The molecule has 1 amide bonds. The molecule has 3 nitrogen and oxygen atoms in total. The molecule has 0 aliphatic carbocycles. The van der Waals surface area contributed by atoms with Crippen molar-refractivity contribution in [1.29, 1.82) is 0 Å². The van der Waals surface area contributed by atoms with E-state index in [-0.39, 0.29) is 11.7 Å². The van der Waals surface area contributed by atoms with Crippen LogP contribution in [0.25, 0.3) is 16.5 Å². The Balaban J connectivity index is 1.55. The van der Waals surface area contributed by atoms with Crippen molar-refractivity contribution in [2.75, 3.05) is 13.1 Å². The van der Waals surface area contributed by atoms with Crippen LogP contribution < -0.4 is 0 Å². The van der Waals surface area contributed by atoms with E-state index in [1.165, 1.54) is 17.2 Å². The molecule has 0 spiro atoms. The molecule has 2 aromatic carbocycles. The minimum Gasteiger partial charge on any atom is -0.350 e. The van der Waals surface area contributed by atoms with Gasteiger partial charge in [0.15, 0.2) is 0 Å². The van der Waals surface area contributed by atoms with Gasteiger partial charge in [0.2, 0.25) is 0 Å². The number of hydrogen-bond acceptors (Lipinski definition) is 1. The second-order valence-electron chi connectivity index (χ2n) is 5.98. The van der Waals surface area contributed by atoms with Gasteiger partial charge in [-0.25, -0.2) is 4.39 Å². The summed E-state index contributed by atoms with van der Waals surface area (Å²) in [6.07, 6.45) is 2.92. The van der Waals surface area contributed by atoms with Gasteiger partial charge in [-0.2, -0.15) is 0 Å². The second kappa shape index (κ2) is 5.96. The number of benzene rings is 2. The molecule has 1 aliphatic rings. The zero-order valence-corrected chi connectivity index (χ0v) is 13.1. The molecule has 0 saturated carbocycles. The standard InChI is InChI=1S/C20H17FN2O/c21-17-7-4-8-18-16(17)13-19(22-18)20(24)23-11-9-15(10-12-23)14-5-2-1-3-6-14/h1-9,13,22H,10-12H2. The zero-order valence-electron chi connectivity index (χ0n) is 13.1. The van der Waals surface area contributed by atoms with Crippen LogP contribution in [-0.2, 0) is 0 Å². The van der Waals surface area contributed by atoms with Crippen LogP contribution in [0.5, 0.6) is 0 Å². The number of nitrogens with zero attached hydrogens (tertiary/aromatic N) is 1. The predicted octanol–water partition coefficient (Wildman–Crippen LogP) is 4.24. The molecule has 1 aromatic heterocycles. The maximum Gasteiger partial charge on any atom is 0.270 e. The normalized spacial score (nSPS) is 14.7.